The van der Waals surface area contributed by atoms with Crippen LogP contribution in [0, 0.1) is 52.4 Å². The molecule has 0 saturated heterocycles. The van der Waals surface area contributed by atoms with Gasteiger partial charge in [0.15, 0.2) is 0 Å². The van der Waals surface area contributed by atoms with Crippen LogP contribution >= 0.6 is 11.8 Å². The highest BCUT2D eigenvalue weighted by Gasteiger charge is 2.42. The number of hydrogen-bond donors (Lipinski definition) is 11. The minimum absolute atomic E-state index is 0.00561. The van der Waals surface area contributed by atoms with Gasteiger partial charge in [-0.3, -0.25) is 25.2 Å². The third-order valence-electron chi connectivity index (χ3n) is 19.5. The first kappa shape index (κ1) is 76.7. The van der Waals surface area contributed by atoms with Gasteiger partial charge in [-0.25, -0.2) is 35.9 Å². The molecule has 2 heterocycles. The van der Waals surface area contributed by atoms with Crippen molar-refractivity contribution >= 4 is 73.5 Å². The number of ether oxygens (including phenoxy) is 3. The Morgan fingerprint density at radius 3 is 1.37 bits per heavy atom. The number of benzene rings is 7. The Bertz CT molecular complexity index is 4550. The van der Waals surface area contributed by atoms with Gasteiger partial charge < -0.3 is 51.2 Å². The largest absolute Gasteiger partial charge is 0.487 e. The summed E-state index contributed by atoms with van der Waals surface area (Å²) in [5.41, 5.74) is 10.3. The molecule has 3 aliphatic rings. The van der Waals surface area contributed by atoms with E-state index < -0.39 is 102 Å². The number of rotatable bonds is 28. The maximum absolute atomic E-state index is 15.1. The molecule has 0 radical (unpaired) electrons. The maximum Gasteiger partial charge on any atom is 0.407 e. The zero-order valence-electron chi connectivity index (χ0n) is 60.3. The number of fused-ring (bicyclic) bond motifs is 5. The molecule has 0 bridgehead atoms. The molecule has 7 aromatic rings. The van der Waals surface area contributed by atoms with Crippen LogP contribution in [0.1, 0.15) is 139 Å². The average molecular weight is 1470 g/mol. The van der Waals surface area contributed by atoms with Gasteiger partial charge in [0.05, 0.1) is 14.5 Å². The van der Waals surface area contributed by atoms with E-state index in [0.29, 0.717) is 57.7 Å². The van der Waals surface area contributed by atoms with Crippen LogP contribution in [0.2, 0.25) is 0 Å². The van der Waals surface area contributed by atoms with E-state index in [1.165, 1.54) is 18.7 Å². The zero-order chi connectivity index (χ0) is 75.2. The number of guanidine groups is 2. The lowest BCUT2D eigenvalue weighted by atomic mass is 9.84. The lowest BCUT2D eigenvalue weighted by Gasteiger charge is -2.36. The Morgan fingerprint density at radius 2 is 0.933 bits per heavy atom. The number of hydrogen-bond acceptors (Lipinski definition) is 15. The standard InChI is InChI=1S/C78H92N10O13S3/c1-45-47(3)67(49(5)59-41-76(8,9)100-65(45)59)103(95,96)87-73(79)81-39-25-37-62(70(90)85-63(72(92)93)38-26-40-82-74(80)88-104(97,98)68-48(4)46(2)66-60(50(68)6)42-77(10,11)101-66)84-69(89)51(7)83-71(91)64(86-75(94)99-43-61-57-35-23-21-33-55(57)56-34-22-24-36-58(56)61)44-102-78(52-27-15-12-16-28-52,53-29-17-13-18-30-53)54-31-19-14-20-32-54/h12-24,27-36,51,61-64H,25-26,37-44H2,1-11H3,(H,83,91)(H,84,89)(H,85,90)(H,86,94)(H,92,93)(H3,79,81,87)(H3,80,82,88)/t51-,62-,63-,64-/m1/s1. The monoisotopic (exact) mass is 1470 g/mol. The van der Waals surface area contributed by atoms with Gasteiger partial charge in [-0.15, -0.1) is 11.8 Å². The summed E-state index contributed by atoms with van der Waals surface area (Å²) < 4.78 is 78.0. The molecule has 11 N–H and O–H groups in total. The summed E-state index contributed by atoms with van der Waals surface area (Å²) in [4.78, 5) is 71.6. The normalized spacial score (nSPS) is 15.1. The van der Waals surface area contributed by atoms with E-state index in [-0.39, 0.29) is 66.8 Å². The molecule has 0 fully saturated rings. The highest BCUT2D eigenvalue weighted by atomic mass is 32.2. The van der Waals surface area contributed by atoms with Gasteiger partial charge >= 0.3 is 12.1 Å². The topological polar surface area (TPSA) is 345 Å². The number of carboxylic acids is 1. The van der Waals surface area contributed by atoms with E-state index >= 15 is 4.79 Å². The Hall–Kier alpha value is -9.92. The molecule has 550 valence electrons. The van der Waals surface area contributed by atoms with Crippen LogP contribution < -0.4 is 50.8 Å². The molecule has 0 spiro atoms. The van der Waals surface area contributed by atoms with Crippen molar-refractivity contribution in [1.29, 1.82) is 10.8 Å². The molecule has 10 rings (SSSR count). The summed E-state index contributed by atoms with van der Waals surface area (Å²) in [7, 11) is -8.65. The minimum Gasteiger partial charge on any atom is -0.487 e. The zero-order valence-corrected chi connectivity index (χ0v) is 62.8. The molecule has 0 aromatic heterocycles. The van der Waals surface area contributed by atoms with Crippen LogP contribution in [0.5, 0.6) is 11.5 Å². The number of alkyl carbamates (subject to hydrolysis) is 1. The van der Waals surface area contributed by atoms with Gasteiger partial charge in [0.1, 0.15) is 53.5 Å². The molecule has 4 amide bonds. The number of nitrogens with one attached hydrogen (secondary N) is 10. The van der Waals surface area contributed by atoms with Crippen LogP contribution in [0.4, 0.5) is 4.79 Å². The molecule has 4 atom stereocenters. The molecular formula is C78H92N10O13S3. The van der Waals surface area contributed by atoms with E-state index in [2.05, 4.69) is 41.3 Å². The van der Waals surface area contributed by atoms with E-state index in [9.17, 15) is 41.1 Å². The van der Waals surface area contributed by atoms with Crippen molar-refractivity contribution in [3.63, 3.8) is 0 Å². The third-order valence-corrected chi connectivity index (χ3v) is 24.4. The van der Waals surface area contributed by atoms with E-state index in [1.54, 1.807) is 41.5 Å². The highest BCUT2D eigenvalue weighted by Crippen LogP contribution is 2.50. The molecule has 7 aromatic carbocycles. The Morgan fingerprint density at radius 1 is 0.538 bits per heavy atom. The van der Waals surface area contributed by atoms with E-state index in [1.807, 2.05) is 167 Å². The average Bonchev–Trinajstić information content (AvgIpc) is 1.52. The van der Waals surface area contributed by atoms with Crippen molar-refractivity contribution in [2.75, 3.05) is 25.4 Å². The predicted octanol–water partition coefficient (Wildman–Crippen LogP) is 10.0. The van der Waals surface area contributed by atoms with Gasteiger partial charge in [-0.2, -0.15) is 0 Å². The van der Waals surface area contributed by atoms with Gasteiger partial charge in [0.25, 0.3) is 20.0 Å². The second-order valence-corrected chi connectivity index (χ2v) is 32.5. The first-order chi connectivity index (χ1) is 49.2. The molecule has 23 nitrogen and oxygen atoms in total. The fraction of sp³-hybridized carbons (Fsp3) is 0.372. The fourth-order valence-electron chi connectivity index (χ4n) is 14.2. The quantitative estimate of drug-likeness (QED) is 0.00940. The molecule has 1 aliphatic carbocycles. The van der Waals surface area contributed by atoms with Crippen molar-refractivity contribution in [3.05, 3.63) is 212 Å². The SMILES string of the molecule is Cc1c(C)c(S(=O)(=O)NC(=N)NCCC[C@@H](NC(=O)[C@@H](CCCNC(=N)NS(=O)(=O)c2c(C)c(C)c3c(c2C)CC(C)(C)O3)NC(=O)[C@@H](C)NC(=O)[C@@H](CSC(c2ccccc2)(c2ccccc2)c2ccccc2)NC(=O)OCC2c3ccccc3-c3ccccc32)C(=O)O)c(C)c2c1OC(C)(C)C2. The van der Waals surface area contributed by atoms with Crippen LogP contribution in [-0.4, -0.2) is 124 Å². The second kappa shape index (κ2) is 31.6. The number of carbonyl (C=O) groups is 5. The summed E-state index contributed by atoms with van der Waals surface area (Å²) >= 11 is 1.38. The molecule has 2 aliphatic heterocycles. The number of sulfonamides is 2. The second-order valence-electron chi connectivity index (χ2n) is 28.0. The van der Waals surface area contributed by atoms with Crippen LogP contribution in [-0.2, 0) is 61.6 Å². The molecular weight excluding hydrogens is 1380 g/mol. The fourth-order valence-corrected chi connectivity index (χ4v) is 18.8. The maximum atomic E-state index is 15.1. The Kier molecular flexibility index (Phi) is 23.3. The number of thioether (sulfide) groups is 1. The smallest absolute Gasteiger partial charge is 0.407 e. The number of aliphatic carboxylic acids is 1. The molecule has 26 heteroatoms. The summed E-state index contributed by atoms with van der Waals surface area (Å²) in [5, 5.41) is 44.0. The van der Waals surface area contributed by atoms with Crippen molar-refractivity contribution in [2.45, 2.75) is 171 Å². The molecule has 0 unspecified atom stereocenters. The van der Waals surface area contributed by atoms with Gasteiger partial charge in [0.2, 0.25) is 29.6 Å². The van der Waals surface area contributed by atoms with Crippen LogP contribution in [0.3, 0.4) is 0 Å². The van der Waals surface area contributed by atoms with E-state index in [0.717, 1.165) is 50.1 Å². The van der Waals surface area contributed by atoms with Crippen molar-refractivity contribution in [3.8, 4) is 22.6 Å². The lowest BCUT2D eigenvalue weighted by Crippen LogP contribution is -2.57. The summed E-state index contributed by atoms with van der Waals surface area (Å²) in [6.07, 6.45) is -0.423. The minimum atomic E-state index is -4.35. The first-order valence-electron chi connectivity index (χ1n) is 34.6. The highest BCUT2D eigenvalue weighted by molar-refractivity contribution is 8.00. The predicted molar refractivity (Wildman–Crippen MR) is 401 cm³/mol. The van der Waals surface area contributed by atoms with Gasteiger partial charge in [0, 0.05) is 48.7 Å². The van der Waals surface area contributed by atoms with Crippen LogP contribution in [0.25, 0.3) is 11.1 Å². The van der Waals surface area contributed by atoms with Crippen molar-refractivity contribution < 1.29 is 60.1 Å². The summed E-state index contributed by atoms with van der Waals surface area (Å²) in [5.74, 6) is -4.36. The lowest BCUT2D eigenvalue weighted by molar-refractivity contribution is -0.142. The first-order valence-corrected chi connectivity index (χ1v) is 38.6. The van der Waals surface area contributed by atoms with E-state index in [4.69, 9.17) is 25.0 Å². The van der Waals surface area contributed by atoms with Crippen molar-refractivity contribution in [1.82, 2.24) is 41.3 Å². The Balaban J connectivity index is 0.856. The molecule has 0 saturated carbocycles. The van der Waals surface area contributed by atoms with Gasteiger partial charge in [-0.1, -0.05) is 140 Å². The number of amides is 4. The van der Waals surface area contributed by atoms with Gasteiger partial charge in [-0.05, 0) is 174 Å². The molecule has 104 heavy (non-hydrogen) atoms. The third kappa shape index (κ3) is 16.8. The number of carbonyl (C=O) groups excluding carboxylic acids is 4. The Labute approximate surface area is 612 Å². The number of carboxylic acid groups (broad SMARTS) is 1. The van der Waals surface area contributed by atoms with Crippen molar-refractivity contribution in [2.24, 2.45) is 0 Å². The summed E-state index contributed by atoms with van der Waals surface area (Å²) in [6, 6.07) is 39.1. The van der Waals surface area contributed by atoms with Crippen LogP contribution in [0.15, 0.2) is 149 Å². The summed E-state index contributed by atoms with van der Waals surface area (Å²) in [6.45, 7) is 19.1.